The molecule has 6 nitrogen and oxygen atoms in total. The van der Waals surface area contributed by atoms with Gasteiger partial charge in [0, 0.05) is 44.6 Å². The fraction of sp³-hybridized carbons (Fsp3) is 0.333. The maximum atomic E-state index is 12.5. The van der Waals surface area contributed by atoms with Crippen LogP contribution in [0.2, 0.25) is 5.02 Å². The largest absolute Gasteiger partial charge is 0.381 e. The molecule has 1 aliphatic rings. The maximum absolute atomic E-state index is 12.5. The quantitative estimate of drug-likeness (QED) is 0.906. The highest BCUT2D eigenvalue weighted by molar-refractivity contribution is 6.34. The zero-order chi connectivity index (χ0) is 17.8. The fourth-order valence-corrected chi connectivity index (χ4v) is 2.90. The Hall–Kier alpha value is -2.31. The number of ether oxygens (including phenoxy) is 1. The Morgan fingerprint density at radius 1 is 1.24 bits per heavy atom. The fourth-order valence-electron chi connectivity index (χ4n) is 2.64. The number of halogens is 1. The molecular weight excluding hydrogens is 342 g/mol. The normalized spacial score (nSPS) is 14.4. The molecule has 1 fully saturated rings. The molecule has 1 aromatic heterocycles. The van der Waals surface area contributed by atoms with Crippen molar-refractivity contribution in [3.05, 3.63) is 63.0 Å². The van der Waals surface area contributed by atoms with Gasteiger partial charge in [-0.15, -0.1) is 0 Å². The Balaban J connectivity index is 1.67. The molecule has 7 heteroatoms. The number of benzene rings is 1. The van der Waals surface area contributed by atoms with Crippen molar-refractivity contribution in [2.75, 3.05) is 31.6 Å². The highest BCUT2D eigenvalue weighted by Crippen LogP contribution is 2.23. The summed E-state index contributed by atoms with van der Waals surface area (Å²) in [5, 5.41) is 3.62. The van der Waals surface area contributed by atoms with Crippen LogP contribution >= 0.6 is 11.6 Å². The van der Waals surface area contributed by atoms with E-state index in [1.807, 2.05) is 12.1 Å². The SMILES string of the molecule is Cn1ccc(CNc2ccc(C(=O)N3CCOCC3)c(Cl)c2)cc1=O. The van der Waals surface area contributed by atoms with E-state index in [0.717, 1.165) is 11.3 Å². The zero-order valence-electron chi connectivity index (χ0n) is 14.0. The molecule has 1 aromatic carbocycles. The minimum Gasteiger partial charge on any atom is -0.381 e. The van der Waals surface area contributed by atoms with Gasteiger partial charge in [0.25, 0.3) is 11.5 Å². The predicted molar refractivity (Wildman–Crippen MR) is 97.2 cm³/mol. The van der Waals surface area contributed by atoms with E-state index in [0.29, 0.717) is 43.4 Å². The van der Waals surface area contributed by atoms with Crippen molar-refractivity contribution in [3.8, 4) is 0 Å². The molecule has 1 aliphatic heterocycles. The first-order chi connectivity index (χ1) is 12.0. The molecule has 3 rings (SSSR count). The van der Waals surface area contributed by atoms with Crippen LogP contribution in [0.3, 0.4) is 0 Å². The minimum absolute atomic E-state index is 0.0520. The van der Waals surface area contributed by atoms with E-state index in [-0.39, 0.29) is 11.5 Å². The summed E-state index contributed by atoms with van der Waals surface area (Å²) in [6.45, 7) is 2.78. The highest BCUT2D eigenvalue weighted by atomic mass is 35.5. The number of aryl methyl sites for hydroxylation is 1. The van der Waals surface area contributed by atoms with Crippen molar-refractivity contribution < 1.29 is 9.53 Å². The smallest absolute Gasteiger partial charge is 0.255 e. The lowest BCUT2D eigenvalue weighted by atomic mass is 10.1. The number of pyridine rings is 1. The minimum atomic E-state index is -0.0774. The number of hydrogen-bond donors (Lipinski definition) is 1. The summed E-state index contributed by atoms with van der Waals surface area (Å²) < 4.78 is 6.78. The van der Waals surface area contributed by atoms with Gasteiger partial charge in [-0.05, 0) is 29.8 Å². The molecule has 1 amide bonds. The van der Waals surface area contributed by atoms with Gasteiger partial charge in [-0.1, -0.05) is 11.6 Å². The third-order valence-electron chi connectivity index (χ3n) is 4.16. The average Bonchev–Trinajstić information content (AvgIpc) is 2.63. The van der Waals surface area contributed by atoms with Gasteiger partial charge in [-0.3, -0.25) is 9.59 Å². The van der Waals surface area contributed by atoms with Gasteiger partial charge in [0.1, 0.15) is 0 Å². The van der Waals surface area contributed by atoms with Crippen LogP contribution in [0.15, 0.2) is 41.3 Å². The van der Waals surface area contributed by atoms with Crippen LogP contribution in [0.4, 0.5) is 5.69 Å². The first kappa shape index (κ1) is 17.5. The van der Waals surface area contributed by atoms with E-state index in [2.05, 4.69) is 5.32 Å². The number of nitrogens with zero attached hydrogens (tertiary/aromatic N) is 2. The molecule has 1 saturated heterocycles. The van der Waals surface area contributed by atoms with Crippen LogP contribution in [0, 0.1) is 0 Å². The highest BCUT2D eigenvalue weighted by Gasteiger charge is 2.20. The van der Waals surface area contributed by atoms with Crippen molar-refractivity contribution in [2.45, 2.75) is 6.54 Å². The van der Waals surface area contributed by atoms with Crippen LogP contribution in [-0.2, 0) is 18.3 Å². The summed E-state index contributed by atoms with van der Waals surface area (Å²) in [7, 11) is 1.71. The van der Waals surface area contributed by atoms with Crippen molar-refractivity contribution in [1.82, 2.24) is 9.47 Å². The van der Waals surface area contributed by atoms with Crippen LogP contribution < -0.4 is 10.9 Å². The molecule has 2 heterocycles. The van der Waals surface area contributed by atoms with Gasteiger partial charge >= 0.3 is 0 Å². The number of carbonyl (C=O) groups is 1. The van der Waals surface area contributed by atoms with Gasteiger partial charge in [0.2, 0.25) is 0 Å². The molecule has 0 saturated carbocycles. The third-order valence-corrected chi connectivity index (χ3v) is 4.48. The monoisotopic (exact) mass is 361 g/mol. The van der Waals surface area contributed by atoms with E-state index in [1.165, 1.54) is 4.57 Å². The lowest BCUT2D eigenvalue weighted by molar-refractivity contribution is 0.0303. The number of amides is 1. The molecule has 25 heavy (non-hydrogen) atoms. The van der Waals surface area contributed by atoms with Crippen LogP contribution in [0.25, 0.3) is 0 Å². The van der Waals surface area contributed by atoms with Gasteiger partial charge in [0.15, 0.2) is 0 Å². The number of nitrogens with one attached hydrogen (secondary N) is 1. The van der Waals surface area contributed by atoms with Crippen LogP contribution in [0.1, 0.15) is 15.9 Å². The second kappa shape index (κ2) is 7.72. The summed E-state index contributed by atoms with van der Waals surface area (Å²) in [5.41, 5.74) is 2.11. The molecule has 0 aliphatic carbocycles. The maximum Gasteiger partial charge on any atom is 0.255 e. The first-order valence-electron chi connectivity index (χ1n) is 8.10. The second-order valence-electron chi connectivity index (χ2n) is 5.94. The molecule has 1 N–H and O–H groups in total. The number of anilines is 1. The number of carbonyl (C=O) groups excluding carboxylic acids is 1. The van der Waals surface area contributed by atoms with Gasteiger partial charge in [-0.25, -0.2) is 0 Å². The van der Waals surface area contributed by atoms with E-state index in [1.54, 1.807) is 36.3 Å². The number of hydrogen-bond acceptors (Lipinski definition) is 4. The number of rotatable bonds is 4. The van der Waals surface area contributed by atoms with Crippen molar-refractivity contribution in [1.29, 1.82) is 0 Å². The Bertz CT molecular complexity index is 829. The number of aromatic nitrogens is 1. The lowest BCUT2D eigenvalue weighted by Crippen LogP contribution is -2.40. The molecule has 2 aromatic rings. The Labute approximate surface area is 151 Å². The van der Waals surface area contributed by atoms with E-state index in [9.17, 15) is 9.59 Å². The second-order valence-corrected chi connectivity index (χ2v) is 6.34. The van der Waals surface area contributed by atoms with Crippen molar-refractivity contribution in [3.63, 3.8) is 0 Å². The molecule has 0 atom stereocenters. The van der Waals surface area contributed by atoms with Crippen LogP contribution in [-0.4, -0.2) is 41.7 Å². The number of morpholine rings is 1. The standard InChI is InChI=1S/C18H20ClN3O3/c1-21-5-4-13(10-17(21)23)12-20-14-2-3-15(16(19)11-14)18(24)22-6-8-25-9-7-22/h2-5,10-11,20H,6-9,12H2,1H3. The van der Waals surface area contributed by atoms with E-state index in [4.69, 9.17) is 16.3 Å². The van der Waals surface area contributed by atoms with Crippen molar-refractivity contribution >= 4 is 23.2 Å². The van der Waals surface area contributed by atoms with Crippen molar-refractivity contribution in [2.24, 2.45) is 7.05 Å². The first-order valence-corrected chi connectivity index (χ1v) is 8.48. The molecule has 0 radical (unpaired) electrons. The molecule has 0 unspecified atom stereocenters. The summed E-state index contributed by atoms with van der Waals surface area (Å²) in [5.74, 6) is -0.0774. The summed E-state index contributed by atoms with van der Waals surface area (Å²) >= 11 is 6.30. The van der Waals surface area contributed by atoms with E-state index < -0.39 is 0 Å². The van der Waals surface area contributed by atoms with Gasteiger partial charge in [0.05, 0.1) is 23.8 Å². The Kier molecular flexibility index (Phi) is 5.40. The summed E-state index contributed by atoms with van der Waals surface area (Å²) in [6, 6.07) is 8.75. The Morgan fingerprint density at radius 2 is 2.00 bits per heavy atom. The van der Waals surface area contributed by atoms with Gasteiger partial charge in [-0.2, -0.15) is 0 Å². The zero-order valence-corrected chi connectivity index (χ0v) is 14.8. The van der Waals surface area contributed by atoms with E-state index >= 15 is 0 Å². The van der Waals surface area contributed by atoms with Gasteiger partial charge < -0.3 is 19.5 Å². The third kappa shape index (κ3) is 4.21. The summed E-state index contributed by atoms with van der Waals surface area (Å²) in [4.78, 5) is 25.9. The topological polar surface area (TPSA) is 63.6 Å². The molecule has 0 spiro atoms. The molecule has 132 valence electrons. The Morgan fingerprint density at radius 3 is 2.68 bits per heavy atom. The summed E-state index contributed by atoms with van der Waals surface area (Å²) in [6.07, 6.45) is 1.73. The predicted octanol–water partition coefficient (Wildman–Crippen LogP) is 2.12. The lowest BCUT2D eigenvalue weighted by Gasteiger charge is -2.27. The molecule has 0 bridgehead atoms. The van der Waals surface area contributed by atoms with Crippen LogP contribution in [0.5, 0.6) is 0 Å². The average molecular weight is 362 g/mol. The molecular formula is C18H20ClN3O3.